The van der Waals surface area contributed by atoms with Gasteiger partial charge in [-0.2, -0.15) is 0 Å². The zero-order valence-electron chi connectivity index (χ0n) is 3.48. The Bertz CT molecular complexity index is 13.5. The van der Waals surface area contributed by atoms with Crippen LogP contribution >= 0.6 is 0 Å². The minimum Gasteiger partial charge on any atom is -0.538 e. The Morgan fingerprint density at radius 2 is 1.83 bits per heavy atom. The van der Waals surface area contributed by atoms with E-state index in [1.165, 1.54) is 0 Å². The summed E-state index contributed by atoms with van der Waals surface area (Å²) in [6, 6.07) is 0. The molecule has 0 fully saturated rings. The van der Waals surface area contributed by atoms with E-state index in [9.17, 15) is 0 Å². The van der Waals surface area contributed by atoms with Crippen LogP contribution in [0.3, 0.4) is 0 Å². The van der Waals surface area contributed by atoms with Crippen LogP contribution in [-0.4, -0.2) is 17.2 Å². The van der Waals surface area contributed by atoms with E-state index in [1.54, 1.807) is 6.92 Å². The van der Waals surface area contributed by atoms with Crippen LogP contribution in [0.5, 0.6) is 0 Å². The summed E-state index contributed by atoms with van der Waals surface area (Å²) in [6.45, 7) is 2.26. The average molecular weight is 264 g/mol. The van der Waals surface area contributed by atoms with E-state index < -0.39 is 0 Å². The van der Waals surface area contributed by atoms with E-state index in [-0.39, 0.29) is 25.9 Å². The quantitative estimate of drug-likeness (QED) is 0.663. The average Bonchev–Trinajstić information content (AvgIpc) is 1.37. The van der Waals surface area contributed by atoms with Crippen LogP contribution < -0.4 is 0 Å². The molecule has 0 rings (SSSR count). The van der Waals surface area contributed by atoms with Gasteiger partial charge in [0, 0.05) is 20.4 Å². The molecule has 0 saturated carbocycles. The molecule has 0 saturated heterocycles. The Kier molecular flexibility index (Phi) is 47.2. The summed E-state index contributed by atoms with van der Waals surface area (Å²) in [6.07, 6.45) is 0. The molecule has 0 aliphatic heterocycles. The predicted molar refractivity (Wildman–Crippen MR) is 19.3 cm³/mol. The van der Waals surface area contributed by atoms with Crippen molar-refractivity contribution >= 4 is 0 Å². The minimum atomic E-state index is 0. The fraction of sp³-hybridized carbons (Fsp3) is 1.00. The fourth-order valence-electron chi connectivity index (χ4n) is 0. The minimum absolute atomic E-state index is 0. The zero-order chi connectivity index (χ0) is 3.41. The van der Waals surface area contributed by atoms with E-state index in [4.69, 9.17) is 5.21 Å². The fourth-order valence-corrected chi connectivity index (χ4v) is 0. The summed E-state index contributed by atoms with van der Waals surface area (Å²) in [4.78, 5) is 0. The van der Waals surface area contributed by atoms with Crippen molar-refractivity contribution in [3.05, 3.63) is 5.48 Å². The number of hydroxylamine groups is 1. The number of rotatable bonds is 1. The molecule has 0 unspecified atom stereocenters. The molecule has 0 aromatic heterocycles. The second-order valence-electron chi connectivity index (χ2n) is 0.458. The second-order valence-corrected chi connectivity index (χ2v) is 0.458. The summed E-state index contributed by atoms with van der Waals surface area (Å²) < 4.78 is 0. The van der Waals surface area contributed by atoms with Gasteiger partial charge >= 0.3 is 0 Å². The van der Waals surface area contributed by atoms with E-state index >= 15 is 0 Å². The van der Waals surface area contributed by atoms with Crippen LogP contribution in [0, 0.1) is 0 Å². The van der Waals surface area contributed by atoms with Gasteiger partial charge in [0.05, 0.1) is 0 Å². The monoisotopic (exact) mass is 265 g/mol. The summed E-state index contributed by atoms with van der Waals surface area (Å²) in [5.41, 5.74) is 2.74. The van der Waals surface area contributed by atoms with Gasteiger partial charge in [-0.15, -0.1) is 6.54 Å². The zero-order valence-corrected chi connectivity index (χ0v) is 6.20. The van der Waals surface area contributed by atoms with Crippen molar-refractivity contribution in [3.8, 4) is 0 Å². The number of hydrogen-bond acceptors (Lipinski definition) is 1. The molecule has 0 aromatic rings. The van der Waals surface area contributed by atoms with Crippen LogP contribution in [0.15, 0.2) is 0 Å². The molecule has 0 aromatic carbocycles. The molecule has 3 nitrogen and oxygen atoms in total. The molecule has 3 N–H and O–H groups in total. The summed E-state index contributed by atoms with van der Waals surface area (Å²) in [5, 5.41) is 7.50. The maximum Gasteiger partial charge on any atom is 0 e. The second kappa shape index (κ2) is 17.7. The predicted octanol–water partition coefficient (Wildman–Crippen LogP) is -0.0580. The molecule has 0 bridgehead atoms. The normalized spacial score (nSPS) is 5.00. The van der Waals surface area contributed by atoms with Crippen LogP contribution in [0.4, 0.5) is 0 Å². The van der Waals surface area contributed by atoms with Gasteiger partial charge in [0.25, 0.3) is 0 Å². The van der Waals surface area contributed by atoms with Crippen molar-refractivity contribution < 1.29 is 31.1 Å². The molecular formula is C2H8NO2Re-. The third-order valence-electron chi connectivity index (χ3n) is 0.141. The van der Waals surface area contributed by atoms with E-state index in [0.717, 1.165) is 0 Å². The summed E-state index contributed by atoms with van der Waals surface area (Å²) in [7, 11) is 0. The first-order valence-electron chi connectivity index (χ1n) is 1.22. The van der Waals surface area contributed by atoms with Crippen molar-refractivity contribution in [1.29, 1.82) is 0 Å². The first kappa shape index (κ1) is 16.0. The van der Waals surface area contributed by atoms with Crippen molar-refractivity contribution in [3.63, 3.8) is 0 Å². The molecule has 6 heavy (non-hydrogen) atoms. The number of nitrogens with zero attached hydrogens (tertiary/aromatic N) is 1. The van der Waals surface area contributed by atoms with Gasteiger partial charge in [-0.05, 0) is 0 Å². The molecule has 0 amide bonds. The van der Waals surface area contributed by atoms with E-state index in [1.807, 2.05) is 0 Å². The Balaban J connectivity index is -0.0000000450. The molecular weight excluding hydrogens is 256 g/mol. The van der Waals surface area contributed by atoms with Crippen LogP contribution in [0.1, 0.15) is 6.92 Å². The molecule has 0 aliphatic rings. The molecule has 0 atom stereocenters. The number of hydrogen-bond donors (Lipinski definition) is 1. The van der Waals surface area contributed by atoms with Gasteiger partial charge < -0.3 is 16.2 Å². The van der Waals surface area contributed by atoms with E-state index in [0.29, 0.717) is 6.54 Å². The van der Waals surface area contributed by atoms with Crippen molar-refractivity contribution in [2.24, 2.45) is 0 Å². The van der Waals surface area contributed by atoms with Gasteiger partial charge in [0.2, 0.25) is 0 Å². The van der Waals surface area contributed by atoms with Crippen molar-refractivity contribution in [1.82, 2.24) is 0 Å². The molecule has 4 heteroatoms. The molecule has 0 spiro atoms. The van der Waals surface area contributed by atoms with Crippen LogP contribution in [-0.2, 0) is 20.4 Å². The van der Waals surface area contributed by atoms with Crippen LogP contribution in [0.25, 0.3) is 5.48 Å². The maximum absolute atomic E-state index is 7.50. The van der Waals surface area contributed by atoms with Gasteiger partial charge in [-0.3, -0.25) is 0 Å². The topological polar surface area (TPSA) is 65.8 Å². The first-order chi connectivity index (χ1) is 1.91. The SMILES string of the molecule is CC[N-]O.O.[Re]. The third kappa shape index (κ3) is 24.0. The molecule has 41 valence electrons. The molecule has 1 radical (unpaired) electrons. The standard InChI is InChI=1S/C2H6NO.H2O.Re/c1-2-3-4;;/h4H,2H2,1H3;1H2;/q-1;;. The van der Waals surface area contributed by atoms with Crippen LogP contribution in [0.2, 0.25) is 0 Å². The summed E-state index contributed by atoms with van der Waals surface area (Å²) in [5.74, 6) is 0. The first-order valence-corrected chi connectivity index (χ1v) is 1.22. The Morgan fingerprint density at radius 3 is 1.83 bits per heavy atom. The van der Waals surface area contributed by atoms with Gasteiger partial charge in [0.1, 0.15) is 0 Å². The van der Waals surface area contributed by atoms with E-state index in [2.05, 4.69) is 5.48 Å². The Hall–Kier alpha value is 0.542. The van der Waals surface area contributed by atoms with Crippen molar-refractivity contribution in [2.45, 2.75) is 6.92 Å². The van der Waals surface area contributed by atoms with Gasteiger partial charge in [-0.1, -0.05) is 6.92 Å². The molecule has 0 aliphatic carbocycles. The Morgan fingerprint density at radius 1 is 1.67 bits per heavy atom. The van der Waals surface area contributed by atoms with Gasteiger partial charge in [0.15, 0.2) is 0 Å². The third-order valence-corrected chi connectivity index (χ3v) is 0.141. The largest absolute Gasteiger partial charge is 0.538 e. The molecule has 0 heterocycles. The Labute approximate surface area is 50.7 Å². The smallest absolute Gasteiger partial charge is 0 e. The maximum atomic E-state index is 7.50. The van der Waals surface area contributed by atoms with Crippen molar-refractivity contribution in [2.75, 3.05) is 6.54 Å². The summed E-state index contributed by atoms with van der Waals surface area (Å²) >= 11 is 0. The van der Waals surface area contributed by atoms with Gasteiger partial charge in [-0.25, -0.2) is 0 Å².